The largest absolute Gasteiger partial charge is 0.372 e. The number of amides is 2. The maximum Gasteiger partial charge on any atom is 0.251 e. The van der Waals surface area contributed by atoms with E-state index in [2.05, 4.69) is 15.2 Å². The van der Waals surface area contributed by atoms with Gasteiger partial charge in [-0.1, -0.05) is 6.92 Å². The second-order valence-electron chi connectivity index (χ2n) is 10.7. The summed E-state index contributed by atoms with van der Waals surface area (Å²) in [6, 6.07) is 9.35. The Bertz CT molecular complexity index is 1310. The summed E-state index contributed by atoms with van der Waals surface area (Å²) < 4.78 is 27.5. The Morgan fingerprint density at radius 1 is 1.10 bits per heavy atom. The van der Waals surface area contributed by atoms with Crippen LogP contribution in [-0.4, -0.2) is 85.0 Å². The second-order valence-corrected chi connectivity index (χ2v) is 12.6. The second kappa shape index (κ2) is 11.4. The molecule has 2 amide bonds. The molecular formula is C28H35N5O5S. The predicted octanol–water partition coefficient (Wildman–Crippen LogP) is 2.07. The van der Waals surface area contributed by atoms with Crippen LogP contribution in [0, 0.1) is 5.92 Å². The molecule has 2 aromatic rings. The Morgan fingerprint density at radius 3 is 2.54 bits per heavy atom. The van der Waals surface area contributed by atoms with Crippen LogP contribution in [0.2, 0.25) is 0 Å². The van der Waals surface area contributed by atoms with Crippen LogP contribution in [0.25, 0.3) is 0 Å². The van der Waals surface area contributed by atoms with E-state index in [9.17, 15) is 22.8 Å². The smallest absolute Gasteiger partial charge is 0.251 e. The third kappa shape index (κ3) is 5.69. The van der Waals surface area contributed by atoms with Crippen molar-refractivity contribution in [3.8, 4) is 0 Å². The molecule has 3 fully saturated rings. The van der Waals surface area contributed by atoms with Gasteiger partial charge < -0.3 is 15.1 Å². The van der Waals surface area contributed by atoms with E-state index in [0.29, 0.717) is 31.5 Å². The number of anilines is 1. The molecule has 39 heavy (non-hydrogen) atoms. The van der Waals surface area contributed by atoms with Crippen LogP contribution in [0.4, 0.5) is 5.69 Å². The molecule has 0 spiro atoms. The average Bonchev–Trinajstić information content (AvgIpc) is 3.68. The van der Waals surface area contributed by atoms with Gasteiger partial charge >= 0.3 is 0 Å². The molecule has 3 aliphatic rings. The number of hydrogen-bond donors (Lipinski definition) is 1. The summed E-state index contributed by atoms with van der Waals surface area (Å²) in [6.45, 7) is 4.59. The Balaban J connectivity index is 1.11. The molecule has 3 saturated heterocycles. The van der Waals surface area contributed by atoms with Crippen molar-refractivity contribution in [3.05, 3.63) is 54.4 Å². The molecule has 1 aromatic heterocycles. The summed E-state index contributed by atoms with van der Waals surface area (Å²) in [7, 11) is -3.88. The number of benzene rings is 1. The highest BCUT2D eigenvalue weighted by Crippen LogP contribution is 2.34. The number of ketones is 1. The molecule has 1 aromatic carbocycles. The fraction of sp³-hybridized carbons (Fsp3) is 0.500. The number of sulfonamides is 1. The Hall–Kier alpha value is -3.31. The topological polar surface area (TPSA) is 120 Å². The van der Waals surface area contributed by atoms with Gasteiger partial charge in [0.05, 0.1) is 12.6 Å². The fourth-order valence-electron chi connectivity index (χ4n) is 5.86. The molecule has 3 atom stereocenters. The Kier molecular flexibility index (Phi) is 7.99. The number of carbonyl (C=O) groups excluding carboxylic acids is 3. The van der Waals surface area contributed by atoms with Gasteiger partial charge in [-0.15, -0.1) is 0 Å². The number of carbonyl (C=O) groups is 3. The third-order valence-electron chi connectivity index (χ3n) is 7.99. The van der Waals surface area contributed by atoms with Gasteiger partial charge in [0.25, 0.3) is 5.91 Å². The zero-order chi connectivity index (χ0) is 27.6. The molecule has 1 N–H and O–H groups in total. The van der Waals surface area contributed by atoms with Crippen molar-refractivity contribution in [2.24, 2.45) is 5.92 Å². The summed E-state index contributed by atoms with van der Waals surface area (Å²) >= 11 is 0. The predicted molar refractivity (Wildman–Crippen MR) is 146 cm³/mol. The number of rotatable bonds is 9. The van der Waals surface area contributed by atoms with Gasteiger partial charge in [0, 0.05) is 56.2 Å². The molecule has 11 heteroatoms. The van der Waals surface area contributed by atoms with Crippen LogP contribution in [0.5, 0.6) is 0 Å². The van der Waals surface area contributed by atoms with E-state index in [1.165, 1.54) is 35.6 Å². The molecule has 0 bridgehead atoms. The van der Waals surface area contributed by atoms with Gasteiger partial charge in [0.1, 0.15) is 10.9 Å². The van der Waals surface area contributed by atoms with Crippen molar-refractivity contribution < 1.29 is 22.8 Å². The quantitative estimate of drug-likeness (QED) is 0.505. The lowest BCUT2D eigenvalue weighted by Gasteiger charge is -2.25. The lowest BCUT2D eigenvalue weighted by Crippen LogP contribution is -2.44. The van der Waals surface area contributed by atoms with Crippen molar-refractivity contribution in [1.82, 2.24) is 19.5 Å². The highest BCUT2D eigenvalue weighted by atomic mass is 32.2. The molecule has 5 rings (SSSR count). The van der Waals surface area contributed by atoms with Gasteiger partial charge in [-0.25, -0.2) is 8.42 Å². The highest BCUT2D eigenvalue weighted by molar-refractivity contribution is 7.89. The monoisotopic (exact) mass is 553 g/mol. The molecule has 3 unspecified atom stereocenters. The van der Waals surface area contributed by atoms with E-state index in [-0.39, 0.29) is 41.4 Å². The fourth-order valence-corrected chi connectivity index (χ4v) is 7.45. The molecule has 0 radical (unpaired) electrons. The summed E-state index contributed by atoms with van der Waals surface area (Å²) in [6.07, 6.45) is 6.42. The minimum atomic E-state index is -3.88. The lowest BCUT2D eigenvalue weighted by atomic mass is 10.0. The van der Waals surface area contributed by atoms with Crippen LogP contribution < -0.4 is 10.2 Å². The van der Waals surface area contributed by atoms with Crippen LogP contribution in [0.1, 0.15) is 49.4 Å². The lowest BCUT2D eigenvalue weighted by molar-refractivity contribution is -0.137. The van der Waals surface area contributed by atoms with Crippen LogP contribution in [0.3, 0.4) is 0 Å². The van der Waals surface area contributed by atoms with Crippen molar-refractivity contribution in [3.63, 3.8) is 0 Å². The van der Waals surface area contributed by atoms with Gasteiger partial charge in [-0.3, -0.25) is 19.4 Å². The van der Waals surface area contributed by atoms with Gasteiger partial charge in [-0.05, 0) is 68.0 Å². The van der Waals surface area contributed by atoms with Gasteiger partial charge in [0.15, 0.2) is 5.78 Å². The standard InChI is InChI=1S/C28H35N5O5S/c1-20(10-13-30-28(36)21-6-8-22(9-7-21)31-14-2-3-15-31)17-26(35)32-16-11-24-27(32)25(34)19-33(24)39(37,38)23-5-4-12-29-18-23/h4-9,12,18,20,24,27H,2-3,10-11,13-17,19H2,1H3,(H,30,36). The number of fused-ring (bicyclic) bond motifs is 1. The van der Waals surface area contributed by atoms with E-state index in [1.54, 1.807) is 11.0 Å². The molecule has 10 nitrogen and oxygen atoms in total. The maximum atomic E-state index is 13.1. The molecule has 0 aliphatic carbocycles. The van der Waals surface area contributed by atoms with Crippen LogP contribution >= 0.6 is 0 Å². The van der Waals surface area contributed by atoms with Crippen molar-refractivity contribution in [1.29, 1.82) is 0 Å². The van der Waals surface area contributed by atoms with Crippen LogP contribution in [-0.2, 0) is 19.6 Å². The maximum absolute atomic E-state index is 13.1. The number of aromatic nitrogens is 1. The Labute approximate surface area is 229 Å². The summed E-state index contributed by atoms with van der Waals surface area (Å²) in [4.78, 5) is 46.4. The zero-order valence-corrected chi connectivity index (χ0v) is 23.0. The van der Waals surface area contributed by atoms with E-state index >= 15 is 0 Å². The number of pyridine rings is 1. The van der Waals surface area contributed by atoms with Crippen molar-refractivity contribution in [2.75, 3.05) is 37.6 Å². The van der Waals surface area contributed by atoms with E-state index in [4.69, 9.17) is 0 Å². The third-order valence-corrected chi connectivity index (χ3v) is 9.84. The number of nitrogens with one attached hydrogen (secondary N) is 1. The molecule has 3 aliphatic heterocycles. The van der Waals surface area contributed by atoms with Crippen LogP contribution in [0.15, 0.2) is 53.7 Å². The summed E-state index contributed by atoms with van der Waals surface area (Å²) in [5, 5.41) is 2.93. The van der Waals surface area contributed by atoms with E-state index in [0.717, 1.165) is 18.8 Å². The SMILES string of the molecule is CC(CCNC(=O)c1ccc(N2CCCC2)cc1)CC(=O)N1CCC2C1C(=O)CN2S(=O)(=O)c1cccnc1. The van der Waals surface area contributed by atoms with Crippen molar-refractivity contribution in [2.45, 2.75) is 56.0 Å². The first-order valence-electron chi connectivity index (χ1n) is 13.6. The first-order chi connectivity index (χ1) is 18.8. The average molecular weight is 554 g/mol. The number of nitrogens with zero attached hydrogens (tertiary/aromatic N) is 4. The molecule has 0 saturated carbocycles. The first kappa shape index (κ1) is 27.3. The van der Waals surface area contributed by atoms with Gasteiger partial charge in [0.2, 0.25) is 15.9 Å². The Morgan fingerprint density at radius 2 is 1.85 bits per heavy atom. The molecule has 4 heterocycles. The summed E-state index contributed by atoms with van der Waals surface area (Å²) in [5.41, 5.74) is 1.74. The molecular weight excluding hydrogens is 518 g/mol. The minimum absolute atomic E-state index is 0.0128. The number of likely N-dealkylation sites (tertiary alicyclic amines) is 1. The highest BCUT2D eigenvalue weighted by Gasteiger charge is 2.53. The van der Waals surface area contributed by atoms with E-state index < -0.39 is 22.1 Å². The number of Topliss-reactive ketones (excluding diaryl/α,β-unsaturated/α-hetero) is 1. The minimum Gasteiger partial charge on any atom is -0.372 e. The summed E-state index contributed by atoms with van der Waals surface area (Å²) in [5.74, 6) is -0.571. The number of hydrogen-bond acceptors (Lipinski definition) is 7. The zero-order valence-electron chi connectivity index (χ0n) is 22.2. The van der Waals surface area contributed by atoms with E-state index in [1.807, 2.05) is 31.2 Å². The van der Waals surface area contributed by atoms with Gasteiger partial charge in [-0.2, -0.15) is 4.31 Å². The first-order valence-corrected chi connectivity index (χ1v) is 15.1. The normalized spacial score (nSPS) is 22.2. The molecule has 208 valence electrons. The van der Waals surface area contributed by atoms with Crippen molar-refractivity contribution >= 4 is 33.3 Å².